The largest absolute Gasteiger partial charge is 0.338 e. The van der Waals surface area contributed by atoms with Gasteiger partial charge in [0.1, 0.15) is 0 Å². The van der Waals surface area contributed by atoms with E-state index >= 15 is 0 Å². The maximum atomic E-state index is 12.0. The van der Waals surface area contributed by atoms with Gasteiger partial charge in [0, 0.05) is 12.6 Å². The fraction of sp³-hybridized carbons (Fsp3) is 0.909. The lowest BCUT2D eigenvalue weighted by Gasteiger charge is -2.26. The Labute approximate surface area is 96.8 Å². The Balaban J connectivity index is 2.46. The molecule has 0 aromatic rings. The third-order valence-electron chi connectivity index (χ3n) is 3.37. The molecule has 0 saturated carbocycles. The van der Waals surface area contributed by atoms with E-state index in [-0.39, 0.29) is 11.9 Å². The molecule has 1 heterocycles. The molecule has 0 aromatic heterocycles. The van der Waals surface area contributed by atoms with Crippen molar-refractivity contribution in [2.45, 2.75) is 38.8 Å². The second-order valence-corrected chi connectivity index (χ2v) is 5.41. The first-order valence-electron chi connectivity index (χ1n) is 5.63. The van der Waals surface area contributed by atoms with Gasteiger partial charge in [0.15, 0.2) is 0 Å². The molecule has 1 saturated heterocycles. The molecule has 88 valence electrons. The van der Waals surface area contributed by atoms with Crippen molar-refractivity contribution in [1.82, 2.24) is 4.90 Å². The van der Waals surface area contributed by atoms with Gasteiger partial charge >= 0.3 is 0 Å². The standard InChI is InChI=1S/C11H22N2OS/c1-8-4-6-13(9(8)2)11(14)10(12)5-7-15-3/h8-10H,4-7,12H2,1-3H3/t8?,9?,10-/m0/s1. The summed E-state index contributed by atoms with van der Waals surface area (Å²) >= 11 is 1.74. The van der Waals surface area contributed by atoms with Crippen LogP contribution in [0.3, 0.4) is 0 Å². The van der Waals surface area contributed by atoms with Crippen molar-refractivity contribution in [3.8, 4) is 0 Å². The van der Waals surface area contributed by atoms with E-state index in [4.69, 9.17) is 5.73 Å². The summed E-state index contributed by atoms with van der Waals surface area (Å²) in [4.78, 5) is 14.0. The maximum Gasteiger partial charge on any atom is 0.239 e. The topological polar surface area (TPSA) is 46.3 Å². The Hall–Kier alpha value is -0.220. The summed E-state index contributed by atoms with van der Waals surface area (Å²) in [5.74, 6) is 1.72. The van der Waals surface area contributed by atoms with Crippen LogP contribution in [0.15, 0.2) is 0 Å². The van der Waals surface area contributed by atoms with Crippen molar-refractivity contribution >= 4 is 17.7 Å². The maximum absolute atomic E-state index is 12.0. The quantitative estimate of drug-likeness (QED) is 0.792. The van der Waals surface area contributed by atoms with E-state index < -0.39 is 0 Å². The second-order valence-electron chi connectivity index (χ2n) is 4.43. The van der Waals surface area contributed by atoms with E-state index in [1.54, 1.807) is 11.8 Å². The van der Waals surface area contributed by atoms with Crippen molar-refractivity contribution in [2.75, 3.05) is 18.6 Å². The molecule has 0 radical (unpaired) electrons. The molecule has 0 spiro atoms. The Bertz CT molecular complexity index is 223. The van der Waals surface area contributed by atoms with Crippen LogP contribution in [0.2, 0.25) is 0 Å². The van der Waals surface area contributed by atoms with E-state index in [1.807, 2.05) is 11.2 Å². The molecule has 2 N–H and O–H groups in total. The van der Waals surface area contributed by atoms with Gasteiger partial charge in [0.2, 0.25) is 5.91 Å². The smallest absolute Gasteiger partial charge is 0.239 e. The second kappa shape index (κ2) is 5.75. The number of nitrogens with zero attached hydrogens (tertiary/aromatic N) is 1. The molecular weight excluding hydrogens is 208 g/mol. The SMILES string of the molecule is CSCC[C@H](N)C(=O)N1CCC(C)C1C. The molecule has 1 rings (SSSR count). The highest BCUT2D eigenvalue weighted by molar-refractivity contribution is 7.98. The van der Waals surface area contributed by atoms with E-state index in [2.05, 4.69) is 13.8 Å². The van der Waals surface area contributed by atoms with Gasteiger partial charge in [0.25, 0.3) is 0 Å². The van der Waals surface area contributed by atoms with Crippen LogP contribution in [0.25, 0.3) is 0 Å². The van der Waals surface area contributed by atoms with Gasteiger partial charge < -0.3 is 10.6 Å². The van der Waals surface area contributed by atoms with Crippen molar-refractivity contribution in [3.05, 3.63) is 0 Å². The zero-order valence-corrected chi connectivity index (χ0v) is 10.7. The zero-order chi connectivity index (χ0) is 11.4. The molecular formula is C11H22N2OS. The zero-order valence-electron chi connectivity index (χ0n) is 9.90. The molecule has 1 fully saturated rings. The molecule has 4 heteroatoms. The van der Waals surface area contributed by atoms with Gasteiger partial charge in [-0.05, 0) is 37.7 Å². The molecule has 3 atom stereocenters. The van der Waals surface area contributed by atoms with Crippen molar-refractivity contribution in [2.24, 2.45) is 11.7 Å². The highest BCUT2D eigenvalue weighted by Gasteiger charge is 2.32. The summed E-state index contributed by atoms with van der Waals surface area (Å²) in [6, 6.07) is 0.0584. The summed E-state index contributed by atoms with van der Waals surface area (Å²) in [6.45, 7) is 5.20. The average Bonchev–Trinajstić information content (AvgIpc) is 2.55. The number of carbonyl (C=O) groups is 1. The highest BCUT2D eigenvalue weighted by Crippen LogP contribution is 2.24. The third-order valence-corrected chi connectivity index (χ3v) is 4.02. The molecule has 15 heavy (non-hydrogen) atoms. The van der Waals surface area contributed by atoms with Crippen LogP contribution < -0.4 is 5.73 Å². The van der Waals surface area contributed by atoms with Crippen molar-refractivity contribution in [1.29, 1.82) is 0 Å². The number of nitrogens with two attached hydrogens (primary N) is 1. The fourth-order valence-electron chi connectivity index (χ4n) is 1.99. The summed E-state index contributed by atoms with van der Waals surface area (Å²) < 4.78 is 0. The van der Waals surface area contributed by atoms with Crippen LogP contribution in [-0.2, 0) is 4.79 Å². The highest BCUT2D eigenvalue weighted by atomic mass is 32.2. The Morgan fingerprint density at radius 3 is 2.73 bits per heavy atom. The number of likely N-dealkylation sites (tertiary alicyclic amines) is 1. The summed E-state index contributed by atoms with van der Waals surface area (Å²) in [5.41, 5.74) is 5.89. The fourth-order valence-corrected chi connectivity index (χ4v) is 2.48. The first-order valence-corrected chi connectivity index (χ1v) is 7.02. The van der Waals surface area contributed by atoms with E-state index in [1.165, 1.54) is 0 Å². The lowest BCUT2D eigenvalue weighted by Crippen LogP contribution is -2.46. The van der Waals surface area contributed by atoms with Crippen molar-refractivity contribution in [3.63, 3.8) is 0 Å². The van der Waals surface area contributed by atoms with Gasteiger partial charge in [-0.15, -0.1) is 0 Å². The molecule has 1 aliphatic heterocycles. The predicted octanol–water partition coefficient (Wildman–Crippen LogP) is 1.32. The van der Waals surface area contributed by atoms with Crippen LogP contribution in [0, 0.1) is 5.92 Å². The molecule has 3 nitrogen and oxygen atoms in total. The van der Waals surface area contributed by atoms with Gasteiger partial charge in [-0.1, -0.05) is 6.92 Å². The van der Waals surface area contributed by atoms with Crippen LogP contribution in [0.1, 0.15) is 26.7 Å². The van der Waals surface area contributed by atoms with E-state index in [9.17, 15) is 4.79 Å². The predicted molar refractivity (Wildman–Crippen MR) is 65.9 cm³/mol. The monoisotopic (exact) mass is 230 g/mol. The van der Waals surface area contributed by atoms with Gasteiger partial charge in [-0.3, -0.25) is 4.79 Å². The number of hydrogen-bond donors (Lipinski definition) is 1. The Kier molecular flexibility index (Phi) is 4.93. The Morgan fingerprint density at radius 1 is 1.60 bits per heavy atom. The van der Waals surface area contributed by atoms with Gasteiger partial charge in [0.05, 0.1) is 6.04 Å². The Morgan fingerprint density at radius 2 is 2.27 bits per heavy atom. The van der Waals surface area contributed by atoms with Gasteiger partial charge in [-0.25, -0.2) is 0 Å². The van der Waals surface area contributed by atoms with Crippen molar-refractivity contribution < 1.29 is 4.79 Å². The molecule has 1 aliphatic rings. The number of hydrogen-bond acceptors (Lipinski definition) is 3. The molecule has 2 unspecified atom stereocenters. The van der Waals surface area contributed by atoms with Crippen LogP contribution in [0.5, 0.6) is 0 Å². The summed E-state index contributed by atoms with van der Waals surface area (Å²) in [5, 5.41) is 0. The molecule has 0 bridgehead atoms. The van der Waals surface area contributed by atoms with Crippen LogP contribution in [0.4, 0.5) is 0 Å². The first kappa shape index (κ1) is 12.8. The van der Waals surface area contributed by atoms with Crippen LogP contribution in [-0.4, -0.2) is 41.4 Å². The number of carbonyl (C=O) groups excluding carboxylic acids is 1. The van der Waals surface area contributed by atoms with E-state index in [0.717, 1.165) is 25.1 Å². The number of amides is 1. The minimum Gasteiger partial charge on any atom is -0.338 e. The summed E-state index contributed by atoms with van der Waals surface area (Å²) in [6.07, 6.45) is 3.94. The summed E-state index contributed by atoms with van der Waals surface area (Å²) in [7, 11) is 0. The van der Waals surface area contributed by atoms with Gasteiger partial charge in [-0.2, -0.15) is 11.8 Å². The average molecular weight is 230 g/mol. The number of thioether (sulfide) groups is 1. The normalized spacial score (nSPS) is 28.1. The third kappa shape index (κ3) is 3.11. The minimum atomic E-state index is -0.301. The molecule has 1 amide bonds. The van der Waals surface area contributed by atoms with E-state index in [0.29, 0.717) is 12.0 Å². The first-order chi connectivity index (χ1) is 7.07. The lowest BCUT2D eigenvalue weighted by molar-refractivity contribution is -0.133. The molecule has 0 aromatic carbocycles. The number of rotatable bonds is 4. The molecule has 0 aliphatic carbocycles. The minimum absolute atomic E-state index is 0.140. The lowest BCUT2D eigenvalue weighted by atomic mass is 10.0. The van der Waals surface area contributed by atoms with Crippen LogP contribution >= 0.6 is 11.8 Å².